The first-order valence-electron chi connectivity index (χ1n) is 12.4. The molecule has 3 aromatic rings. The molecule has 2 amide bonds. The van der Waals surface area contributed by atoms with E-state index in [-0.39, 0.29) is 23.9 Å². The molecule has 1 saturated heterocycles. The predicted molar refractivity (Wildman–Crippen MR) is 130 cm³/mol. The predicted octanol–water partition coefficient (Wildman–Crippen LogP) is 4.48. The zero-order chi connectivity index (χ0) is 24.5. The summed E-state index contributed by atoms with van der Waals surface area (Å²) in [4.78, 5) is 29.2. The van der Waals surface area contributed by atoms with Crippen molar-refractivity contribution in [1.29, 1.82) is 0 Å². The number of nitrogens with one attached hydrogen (secondary N) is 1. The van der Waals surface area contributed by atoms with E-state index >= 15 is 0 Å². The Morgan fingerprint density at radius 1 is 1.20 bits per heavy atom. The minimum Gasteiger partial charge on any atom is -0.373 e. The Hall–Kier alpha value is -3.39. The van der Waals surface area contributed by atoms with Gasteiger partial charge in [0.25, 0.3) is 11.8 Å². The van der Waals surface area contributed by atoms with Crippen molar-refractivity contribution in [2.24, 2.45) is 0 Å². The van der Waals surface area contributed by atoms with Gasteiger partial charge in [-0.25, -0.2) is 0 Å². The number of benzene rings is 1. The second-order valence-electron chi connectivity index (χ2n) is 9.33. The smallest absolute Gasteiger partial charge is 0.271 e. The number of aromatic nitrogens is 2. The minimum atomic E-state index is -0.183. The van der Waals surface area contributed by atoms with Gasteiger partial charge in [-0.15, -0.1) is 0 Å². The van der Waals surface area contributed by atoms with E-state index in [1.54, 1.807) is 6.07 Å². The van der Waals surface area contributed by atoms with Gasteiger partial charge in [0.15, 0.2) is 0 Å². The van der Waals surface area contributed by atoms with Crippen LogP contribution in [0.5, 0.6) is 0 Å². The number of carbonyl (C=O) groups excluding carboxylic acids is 2. The maximum atomic E-state index is 13.9. The quantitative estimate of drug-likeness (QED) is 0.567. The van der Waals surface area contributed by atoms with E-state index in [0.29, 0.717) is 37.6 Å². The van der Waals surface area contributed by atoms with Gasteiger partial charge in [0.1, 0.15) is 11.5 Å². The summed E-state index contributed by atoms with van der Waals surface area (Å²) in [6.45, 7) is 7.90. The van der Waals surface area contributed by atoms with Crippen molar-refractivity contribution < 1.29 is 18.8 Å². The molecule has 0 spiro atoms. The highest BCUT2D eigenvalue weighted by Gasteiger charge is 2.37. The number of carbonyl (C=O) groups is 2. The Balaban J connectivity index is 1.45. The fourth-order valence-electron chi connectivity index (χ4n) is 5.46. The lowest BCUT2D eigenvalue weighted by atomic mass is 10.0. The van der Waals surface area contributed by atoms with Crippen molar-refractivity contribution in [3.8, 4) is 0 Å². The molecule has 1 aromatic carbocycles. The first kappa shape index (κ1) is 23.4. The largest absolute Gasteiger partial charge is 0.373 e. The van der Waals surface area contributed by atoms with E-state index in [0.717, 1.165) is 47.5 Å². The molecule has 184 valence electrons. The van der Waals surface area contributed by atoms with E-state index in [4.69, 9.17) is 9.26 Å². The van der Waals surface area contributed by atoms with Crippen LogP contribution in [-0.2, 0) is 17.9 Å². The van der Waals surface area contributed by atoms with Crippen LogP contribution in [0.15, 0.2) is 40.9 Å². The van der Waals surface area contributed by atoms with E-state index in [2.05, 4.69) is 10.5 Å². The number of likely N-dealkylation sites (tertiary alicyclic amines) is 1. The Labute approximate surface area is 205 Å². The summed E-state index contributed by atoms with van der Waals surface area (Å²) < 4.78 is 13.0. The summed E-state index contributed by atoms with van der Waals surface area (Å²) in [5.41, 5.74) is 4.69. The summed E-state index contributed by atoms with van der Waals surface area (Å²) in [5.74, 6) is 0.506. The average molecular weight is 477 g/mol. The van der Waals surface area contributed by atoms with Crippen LogP contribution in [0.25, 0.3) is 0 Å². The molecule has 4 heterocycles. The molecule has 0 radical (unpaired) electrons. The van der Waals surface area contributed by atoms with Crippen molar-refractivity contribution >= 4 is 11.8 Å². The summed E-state index contributed by atoms with van der Waals surface area (Å²) in [7, 11) is 0. The van der Waals surface area contributed by atoms with Gasteiger partial charge < -0.3 is 24.0 Å². The molecular formula is C27H32N4O4. The molecule has 0 aliphatic carbocycles. The van der Waals surface area contributed by atoms with E-state index < -0.39 is 0 Å². The number of rotatable bonds is 6. The molecule has 0 saturated carbocycles. The molecule has 2 aliphatic rings. The van der Waals surface area contributed by atoms with Crippen molar-refractivity contribution in [2.45, 2.75) is 65.3 Å². The third-order valence-corrected chi connectivity index (χ3v) is 7.22. The van der Waals surface area contributed by atoms with E-state index in [1.165, 1.54) is 0 Å². The second kappa shape index (κ2) is 9.70. The lowest BCUT2D eigenvalue weighted by Crippen LogP contribution is -2.33. The second-order valence-corrected chi connectivity index (χ2v) is 9.33. The van der Waals surface area contributed by atoms with Crippen LogP contribution in [0, 0.1) is 13.8 Å². The molecule has 8 heteroatoms. The Kier molecular flexibility index (Phi) is 6.47. The van der Waals surface area contributed by atoms with Crippen molar-refractivity contribution in [2.75, 3.05) is 13.2 Å². The molecule has 5 rings (SSSR count). The van der Waals surface area contributed by atoms with Crippen LogP contribution < -0.4 is 5.32 Å². The van der Waals surface area contributed by atoms with Crippen molar-refractivity contribution in [1.82, 2.24) is 19.9 Å². The summed E-state index contributed by atoms with van der Waals surface area (Å²) >= 11 is 0. The van der Waals surface area contributed by atoms with Crippen LogP contribution in [-0.4, -0.2) is 39.6 Å². The van der Waals surface area contributed by atoms with Gasteiger partial charge in [0, 0.05) is 18.7 Å². The molecular weight excluding hydrogens is 444 g/mol. The maximum absolute atomic E-state index is 13.9. The van der Waals surface area contributed by atoms with E-state index in [1.807, 2.05) is 60.6 Å². The molecule has 0 bridgehead atoms. The number of ether oxygens (including phenoxy) is 1. The highest BCUT2D eigenvalue weighted by Crippen LogP contribution is 2.37. The van der Waals surface area contributed by atoms with Crippen LogP contribution in [0.3, 0.4) is 0 Å². The van der Waals surface area contributed by atoms with Gasteiger partial charge >= 0.3 is 0 Å². The lowest BCUT2D eigenvalue weighted by molar-refractivity contribution is 0.0674. The van der Waals surface area contributed by atoms with Crippen LogP contribution >= 0.6 is 0 Å². The first-order valence-corrected chi connectivity index (χ1v) is 12.4. The highest BCUT2D eigenvalue weighted by molar-refractivity contribution is 6.01. The van der Waals surface area contributed by atoms with Gasteiger partial charge in [-0.2, -0.15) is 0 Å². The topological polar surface area (TPSA) is 89.6 Å². The van der Waals surface area contributed by atoms with Crippen LogP contribution in [0.4, 0.5) is 0 Å². The first-order chi connectivity index (χ1) is 17.0. The molecule has 1 N–H and O–H groups in total. The molecule has 1 unspecified atom stereocenters. The van der Waals surface area contributed by atoms with Gasteiger partial charge in [-0.1, -0.05) is 42.4 Å². The minimum absolute atomic E-state index is 0.0650. The van der Waals surface area contributed by atoms with Crippen molar-refractivity contribution in [3.05, 3.63) is 75.9 Å². The van der Waals surface area contributed by atoms with Gasteiger partial charge in [0.2, 0.25) is 0 Å². The van der Waals surface area contributed by atoms with Gasteiger partial charge in [-0.3, -0.25) is 9.59 Å². The number of hydrogen-bond donors (Lipinski definition) is 1. The lowest BCUT2D eigenvalue weighted by Gasteiger charge is -2.26. The summed E-state index contributed by atoms with van der Waals surface area (Å²) in [5, 5.41) is 7.26. The van der Waals surface area contributed by atoms with Crippen LogP contribution in [0.2, 0.25) is 0 Å². The SMILES string of the molecule is CC[C@@H](NC(=O)c1cc(C(=O)N2CCCC2c2c(C)noc2C)n2c1COCC2)c1ccccc1. The monoisotopic (exact) mass is 476 g/mol. The summed E-state index contributed by atoms with van der Waals surface area (Å²) in [6, 6.07) is 11.5. The normalized spacial score (nSPS) is 18.4. The van der Waals surface area contributed by atoms with Gasteiger partial charge in [0.05, 0.1) is 42.2 Å². The van der Waals surface area contributed by atoms with Crippen LogP contribution in [0.1, 0.15) is 87.4 Å². The van der Waals surface area contributed by atoms with Gasteiger partial charge in [-0.05, 0) is 44.7 Å². The standard InChI is InChI=1S/C27H32N4O4/c1-4-21(19-9-6-5-7-10-19)28-26(32)20-15-23(30-13-14-34-16-24(20)30)27(33)31-12-8-11-22(31)25-17(2)29-35-18(25)3/h5-7,9-10,15,21-22H,4,8,11-14,16H2,1-3H3,(H,28,32)/t21-,22?/m1/s1. The summed E-state index contributed by atoms with van der Waals surface area (Å²) in [6.07, 6.45) is 2.55. The maximum Gasteiger partial charge on any atom is 0.271 e. The van der Waals surface area contributed by atoms with E-state index in [9.17, 15) is 9.59 Å². The Bertz CT molecular complexity index is 1210. The fourth-order valence-corrected chi connectivity index (χ4v) is 5.46. The molecule has 2 atom stereocenters. The zero-order valence-electron chi connectivity index (χ0n) is 20.5. The Morgan fingerprint density at radius 3 is 2.71 bits per heavy atom. The highest BCUT2D eigenvalue weighted by atomic mass is 16.5. The Morgan fingerprint density at radius 2 is 2.00 bits per heavy atom. The number of fused-ring (bicyclic) bond motifs is 1. The number of hydrogen-bond acceptors (Lipinski definition) is 5. The molecule has 2 aliphatic heterocycles. The van der Waals surface area contributed by atoms with Crippen molar-refractivity contribution in [3.63, 3.8) is 0 Å². The zero-order valence-corrected chi connectivity index (χ0v) is 20.5. The molecule has 1 fully saturated rings. The molecule has 8 nitrogen and oxygen atoms in total. The third kappa shape index (κ3) is 4.27. The number of nitrogens with zero attached hydrogens (tertiary/aromatic N) is 3. The number of amides is 2. The average Bonchev–Trinajstić information content (AvgIpc) is 3.59. The third-order valence-electron chi connectivity index (χ3n) is 7.22. The molecule has 35 heavy (non-hydrogen) atoms. The number of aryl methyl sites for hydroxylation is 2. The fraction of sp³-hybridized carbons (Fsp3) is 0.444. The molecule has 2 aromatic heterocycles.